The molecule has 0 aliphatic rings. The normalized spacial score (nSPS) is 10.6. The standard InChI is InChI=1S/C13H11BrF2N2O2/c14-10-5-8(15)6-11(16)13(10)20-4-3-18-7-9(17)1-2-12(18)19/h1-2,5-7H,3-4,17H2. The molecule has 4 nitrogen and oxygen atoms in total. The van der Waals surface area contributed by atoms with Gasteiger partial charge in [0.1, 0.15) is 12.4 Å². The third-order valence-corrected chi connectivity index (χ3v) is 3.14. The van der Waals surface area contributed by atoms with Crippen LogP contribution in [0.1, 0.15) is 0 Å². The maximum atomic E-state index is 13.5. The van der Waals surface area contributed by atoms with E-state index in [1.54, 1.807) is 0 Å². The highest BCUT2D eigenvalue weighted by atomic mass is 79.9. The van der Waals surface area contributed by atoms with Crippen LogP contribution < -0.4 is 16.0 Å². The monoisotopic (exact) mass is 344 g/mol. The van der Waals surface area contributed by atoms with Gasteiger partial charge in [-0.3, -0.25) is 4.79 Å². The first-order chi connectivity index (χ1) is 9.47. The van der Waals surface area contributed by atoms with Crippen molar-refractivity contribution in [3.05, 3.63) is 56.9 Å². The number of hydrogen-bond acceptors (Lipinski definition) is 3. The van der Waals surface area contributed by atoms with Crippen molar-refractivity contribution < 1.29 is 13.5 Å². The van der Waals surface area contributed by atoms with E-state index in [4.69, 9.17) is 10.5 Å². The molecule has 0 unspecified atom stereocenters. The fourth-order valence-electron chi connectivity index (χ4n) is 1.64. The van der Waals surface area contributed by atoms with Crippen LogP contribution in [-0.2, 0) is 6.54 Å². The third-order valence-electron chi connectivity index (χ3n) is 2.55. The Balaban J connectivity index is 2.07. The number of halogens is 3. The molecule has 0 amide bonds. The molecule has 2 N–H and O–H groups in total. The lowest BCUT2D eigenvalue weighted by molar-refractivity contribution is 0.280. The minimum atomic E-state index is -0.809. The summed E-state index contributed by atoms with van der Waals surface area (Å²) in [6, 6.07) is 4.66. The second kappa shape index (κ2) is 6.04. The van der Waals surface area contributed by atoms with Crippen molar-refractivity contribution >= 4 is 21.6 Å². The minimum absolute atomic E-state index is 0.0461. The van der Waals surface area contributed by atoms with Crippen LogP contribution in [0.25, 0.3) is 0 Å². The molecule has 7 heteroatoms. The lowest BCUT2D eigenvalue weighted by atomic mass is 10.3. The average molecular weight is 345 g/mol. The van der Waals surface area contributed by atoms with E-state index in [0.717, 1.165) is 12.1 Å². The summed E-state index contributed by atoms with van der Waals surface area (Å²) in [5.41, 5.74) is 5.77. The minimum Gasteiger partial charge on any atom is -0.487 e. The largest absolute Gasteiger partial charge is 0.487 e. The average Bonchev–Trinajstić information content (AvgIpc) is 2.36. The predicted octanol–water partition coefficient (Wildman–Crippen LogP) is 2.55. The number of aromatic nitrogens is 1. The van der Waals surface area contributed by atoms with Gasteiger partial charge in [-0.2, -0.15) is 0 Å². The summed E-state index contributed by atoms with van der Waals surface area (Å²) in [7, 11) is 0. The van der Waals surface area contributed by atoms with Gasteiger partial charge in [0.2, 0.25) is 0 Å². The number of hydrogen-bond donors (Lipinski definition) is 1. The van der Waals surface area contributed by atoms with Gasteiger partial charge in [-0.25, -0.2) is 8.78 Å². The van der Waals surface area contributed by atoms with Gasteiger partial charge in [0.15, 0.2) is 11.6 Å². The van der Waals surface area contributed by atoms with Crippen LogP contribution in [0.4, 0.5) is 14.5 Å². The van der Waals surface area contributed by atoms with Gasteiger partial charge in [-0.05, 0) is 28.1 Å². The molecule has 20 heavy (non-hydrogen) atoms. The van der Waals surface area contributed by atoms with E-state index in [1.807, 2.05) is 0 Å². The molecule has 0 radical (unpaired) electrons. The van der Waals surface area contributed by atoms with E-state index < -0.39 is 11.6 Å². The molecular formula is C13H11BrF2N2O2. The number of nitrogen functional groups attached to an aromatic ring is 1. The smallest absolute Gasteiger partial charge is 0.250 e. The van der Waals surface area contributed by atoms with E-state index in [-0.39, 0.29) is 28.9 Å². The maximum Gasteiger partial charge on any atom is 0.250 e. The lowest BCUT2D eigenvalue weighted by Crippen LogP contribution is -2.22. The number of rotatable bonds is 4. The number of ether oxygens (including phenoxy) is 1. The molecule has 2 rings (SSSR count). The first kappa shape index (κ1) is 14.5. The zero-order valence-corrected chi connectivity index (χ0v) is 11.9. The quantitative estimate of drug-likeness (QED) is 0.927. The van der Waals surface area contributed by atoms with E-state index >= 15 is 0 Å². The van der Waals surface area contributed by atoms with Crippen molar-refractivity contribution in [2.75, 3.05) is 12.3 Å². The Morgan fingerprint density at radius 3 is 2.75 bits per heavy atom. The zero-order chi connectivity index (χ0) is 14.7. The Morgan fingerprint density at radius 1 is 1.30 bits per heavy atom. The van der Waals surface area contributed by atoms with Crippen LogP contribution >= 0.6 is 15.9 Å². The summed E-state index contributed by atoms with van der Waals surface area (Å²) in [4.78, 5) is 11.5. The number of nitrogens with two attached hydrogens (primary N) is 1. The predicted molar refractivity (Wildman–Crippen MR) is 74.7 cm³/mol. The van der Waals surface area contributed by atoms with Crippen LogP contribution in [0, 0.1) is 11.6 Å². The van der Waals surface area contributed by atoms with E-state index in [0.29, 0.717) is 5.69 Å². The zero-order valence-electron chi connectivity index (χ0n) is 10.3. The van der Waals surface area contributed by atoms with Crippen molar-refractivity contribution in [3.63, 3.8) is 0 Å². The molecule has 1 heterocycles. The van der Waals surface area contributed by atoms with E-state index in [1.165, 1.54) is 22.9 Å². The molecule has 1 aromatic heterocycles. The Kier molecular flexibility index (Phi) is 4.39. The molecule has 106 valence electrons. The van der Waals surface area contributed by atoms with Crippen molar-refractivity contribution in [1.82, 2.24) is 4.57 Å². The highest BCUT2D eigenvalue weighted by Crippen LogP contribution is 2.29. The number of nitrogens with zero attached hydrogens (tertiary/aromatic N) is 1. The molecule has 0 atom stereocenters. The molecule has 2 aromatic rings. The summed E-state index contributed by atoms with van der Waals surface area (Å²) in [6.07, 6.45) is 1.47. The first-order valence-electron chi connectivity index (χ1n) is 5.70. The molecule has 0 bridgehead atoms. The van der Waals surface area contributed by atoms with E-state index in [9.17, 15) is 13.6 Å². The molecule has 0 saturated heterocycles. The SMILES string of the molecule is Nc1ccc(=O)n(CCOc2c(F)cc(F)cc2Br)c1. The fraction of sp³-hybridized carbons (Fsp3) is 0.154. The highest BCUT2D eigenvalue weighted by Gasteiger charge is 2.11. The number of pyridine rings is 1. The Labute approximate surface area is 121 Å². The number of benzene rings is 1. The molecule has 1 aromatic carbocycles. The lowest BCUT2D eigenvalue weighted by Gasteiger charge is -2.11. The van der Waals surface area contributed by atoms with Gasteiger partial charge in [-0.15, -0.1) is 0 Å². The summed E-state index contributed by atoms with van der Waals surface area (Å²) >= 11 is 3.02. The Hall–Kier alpha value is -1.89. The van der Waals surface area contributed by atoms with Gasteiger partial charge >= 0.3 is 0 Å². The second-order valence-corrected chi connectivity index (χ2v) is 4.90. The number of anilines is 1. The van der Waals surface area contributed by atoms with Gasteiger partial charge in [0, 0.05) is 24.0 Å². The van der Waals surface area contributed by atoms with Gasteiger partial charge in [0.05, 0.1) is 11.0 Å². The first-order valence-corrected chi connectivity index (χ1v) is 6.50. The van der Waals surface area contributed by atoms with Crippen LogP contribution in [0.2, 0.25) is 0 Å². The van der Waals surface area contributed by atoms with Crippen LogP contribution in [0.15, 0.2) is 39.7 Å². The van der Waals surface area contributed by atoms with Crippen LogP contribution in [0.5, 0.6) is 5.75 Å². The molecule has 0 spiro atoms. The van der Waals surface area contributed by atoms with Gasteiger partial charge in [0.25, 0.3) is 5.56 Å². The topological polar surface area (TPSA) is 57.2 Å². The Bertz CT molecular complexity index is 665. The molecular weight excluding hydrogens is 334 g/mol. The van der Waals surface area contributed by atoms with Crippen LogP contribution in [0.3, 0.4) is 0 Å². The van der Waals surface area contributed by atoms with Crippen LogP contribution in [-0.4, -0.2) is 11.2 Å². The summed E-state index contributed by atoms with van der Waals surface area (Å²) in [5, 5.41) is 0. The summed E-state index contributed by atoms with van der Waals surface area (Å²) < 4.78 is 33.2. The molecule has 0 saturated carbocycles. The van der Waals surface area contributed by atoms with Crippen molar-refractivity contribution in [2.24, 2.45) is 0 Å². The van der Waals surface area contributed by atoms with Gasteiger partial charge < -0.3 is 15.0 Å². The molecule has 0 fully saturated rings. The highest BCUT2D eigenvalue weighted by molar-refractivity contribution is 9.10. The fourth-order valence-corrected chi connectivity index (χ4v) is 2.16. The summed E-state index contributed by atoms with van der Waals surface area (Å²) in [5.74, 6) is -1.60. The Morgan fingerprint density at radius 2 is 2.05 bits per heavy atom. The van der Waals surface area contributed by atoms with Gasteiger partial charge in [-0.1, -0.05) is 0 Å². The van der Waals surface area contributed by atoms with Crippen molar-refractivity contribution in [1.29, 1.82) is 0 Å². The molecule has 0 aliphatic heterocycles. The van der Waals surface area contributed by atoms with E-state index in [2.05, 4.69) is 15.9 Å². The summed E-state index contributed by atoms with van der Waals surface area (Å²) in [6.45, 7) is 0.248. The maximum absolute atomic E-state index is 13.5. The van der Waals surface area contributed by atoms with Crippen molar-refractivity contribution in [2.45, 2.75) is 6.54 Å². The third kappa shape index (κ3) is 3.36. The van der Waals surface area contributed by atoms with Crippen molar-refractivity contribution in [3.8, 4) is 5.75 Å². The second-order valence-electron chi connectivity index (χ2n) is 4.04. The molecule has 0 aliphatic carbocycles.